The Morgan fingerprint density at radius 1 is 0.776 bits per heavy atom. The molecule has 0 aromatic carbocycles. The average Bonchev–Trinajstić information content (AvgIpc) is 3.70. The number of guanidine groups is 1. The molecule has 0 aromatic heterocycles. The first-order valence-corrected chi connectivity index (χ1v) is 19.8. The van der Waals surface area contributed by atoms with Crippen molar-refractivity contribution in [3.63, 3.8) is 0 Å². The van der Waals surface area contributed by atoms with E-state index >= 15 is 0 Å². The standard InChI is InChI=1S/C36H66N12O10/c1-5-20(3)28(38)33(55)47-29(21(4)6-2)34(56)48-16-10-13-25(48)32(54)46-22(12-9-15-41-36(39)40)30(52)42-18-27(51)45-24(19-49)31(53)43-17-26(50)44-23(35(57)58)11-7-8-14-37/h20-25,28-29,49H,5-19,37-38H2,1-4H3,(H,42,52)(H,43,53)(H,44,50)(H,45,51)(H,46,54)(H,47,55)(H,57,58)(H4,39,40,41). The van der Waals surface area contributed by atoms with Gasteiger partial charge in [-0.15, -0.1) is 0 Å². The van der Waals surface area contributed by atoms with E-state index in [9.17, 15) is 48.6 Å². The summed E-state index contributed by atoms with van der Waals surface area (Å²) in [5.41, 5.74) is 22.4. The van der Waals surface area contributed by atoms with Crippen LogP contribution in [0.4, 0.5) is 0 Å². The first kappa shape index (κ1) is 50.9. The molecule has 1 heterocycles. The van der Waals surface area contributed by atoms with Gasteiger partial charge in [0.05, 0.1) is 25.7 Å². The summed E-state index contributed by atoms with van der Waals surface area (Å²) >= 11 is 0. The van der Waals surface area contributed by atoms with Gasteiger partial charge in [-0.05, 0) is 63.3 Å². The van der Waals surface area contributed by atoms with Crippen molar-refractivity contribution >= 4 is 53.3 Å². The van der Waals surface area contributed by atoms with Gasteiger partial charge in [0.1, 0.15) is 30.2 Å². The molecule has 22 heteroatoms. The van der Waals surface area contributed by atoms with Crippen molar-refractivity contribution in [2.75, 3.05) is 39.3 Å². The number of nitrogens with zero attached hydrogens (tertiary/aromatic N) is 2. The molecule has 1 saturated heterocycles. The number of hydrogen-bond donors (Lipinski definition) is 12. The third-order valence-corrected chi connectivity index (χ3v) is 10.0. The van der Waals surface area contributed by atoms with Gasteiger partial charge < -0.3 is 69.9 Å². The molecule has 330 valence electrons. The normalized spacial score (nSPS) is 17.2. The molecule has 0 spiro atoms. The molecule has 1 aliphatic heterocycles. The number of nitrogens with two attached hydrogens (primary N) is 4. The summed E-state index contributed by atoms with van der Waals surface area (Å²) in [4.78, 5) is 108. The Hall–Kier alpha value is -5.09. The van der Waals surface area contributed by atoms with Gasteiger partial charge in [0.2, 0.25) is 41.4 Å². The molecule has 1 aliphatic rings. The second-order valence-electron chi connectivity index (χ2n) is 14.5. The number of carbonyl (C=O) groups is 8. The van der Waals surface area contributed by atoms with E-state index in [2.05, 4.69) is 36.9 Å². The van der Waals surface area contributed by atoms with Crippen LogP contribution in [0.2, 0.25) is 0 Å². The lowest BCUT2D eigenvalue weighted by Gasteiger charge is -2.33. The number of hydrogen-bond acceptors (Lipinski definition) is 12. The molecule has 16 N–H and O–H groups in total. The van der Waals surface area contributed by atoms with Gasteiger partial charge in [-0.25, -0.2) is 4.79 Å². The first-order chi connectivity index (χ1) is 27.4. The zero-order valence-corrected chi connectivity index (χ0v) is 34.1. The number of aliphatic carboxylic acids is 1. The van der Waals surface area contributed by atoms with Gasteiger partial charge >= 0.3 is 5.97 Å². The van der Waals surface area contributed by atoms with Crippen LogP contribution < -0.4 is 54.8 Å². The monoisotopic (exact) mass is 827 g/mol. The topological polar surface area (TPSA) is 369 Å². The molecule has 0 aliphatic carbocycles. The predicted octanol–water partition coefficient (Wildman–Crippen LogP) is -4.17. The number of aliphatic imine (C=N–C) groups is 1. The van der Waals surface area contributed by atoms with E-state index in [1.165, 1.54) is 4.90 Å². The third kappa shape index (κ3) is 17.6. The number of carbonyl (C=O) groups excluding carboxylic acids is 7. The summed E-state index contributed by atoms with van der Waals surface area (Å²) < 4.78 is 0. The van der Waals surface area contributed by atoms with Gasteiger partial charge in [0.15, 0.2) is 5.96 Å². The van der Waals surface area contributed by atoms with E-state index in [1.54, 1.807) is 0 Å². The lowest BCUT2D eigenvalue weighted by molar-refractivity contribution is -0.143. The zero-order chi connectivity index (χ0) is 43.9. The van der Waals surface area contributed by atoms with Crippen LogP contribution in [0, 0.1) is 11.8 Å². The number of rotatable bonds is 27. The van der Waals surface area contributed by atoms with Gasteiger partial charge in [-0.3, -0.25) is 38.6 Å². The lowest BCUT2D eigenvalue weighted by Crippen LogP contribution is -2.59. The number of unbranched alkanes of at least 4 members (excludes halogenated alkanes) is 1. The fourth-order valence-corrected chi connectivity index (χ4v) is 5.98. The van der Waals surface area contributed by atoms with Gasteiger partial charge in [0, 0.05) is 13.1 Å². The minimum absolute atomic E-state index is 0.0230. The van der Waals surface area contributed by atoms with Crippen LogP contribution in [0.25, 0.3) is 0 Å². The molecule has 0 aromatic rings. The van der Waals surface area contributed by atoms with Crippen molar-refractivity contribution in [2.24, 2.45) is 39.8 Å². The fraction of sp³-hybridized carbons (Fsp3) is 0.750. The van der Waals surface area contributed by atoms with Crippen LogP contribution in [0.3, 0.4) is 0 Å². The lowest BCUT2D eigenvalue weighted by atomic mass is 9.95. The molecule has 22 nitrogen and oxygen atoms in total. The molecule has 1 rings (SSSR count). The van der Waals surface area contributed by atoms with E-state index in [0.717, 1.165) is 0 Å². The van der Waals surface area contributed by atoms with Gasteiger partial charge in [-0.1, -0.05) is 40.5 Å². The van der Waals surface area contributed by atoms with Crippen LogP contribution in [0.1, 0.15) is 85.5 Å². The number of amides is 7. The van der Waals surface area contributed by atoms with Crippen molar-refractivity contribution in [3.05, 3.63) is 0 Å². The minimum Gasteiger partial charge on any atom is -0.480 e. The fourth-order valence-electron chi connectivity index (χ4n) is 5.98. The molecule has 0 saturated carbocycles. The molecular weight excluding hydrogens is 760 g/mol. The second kappa shape index (κ2) is 26.8. The highest BCUT2D eigenvalue weighted by Gasteiger charge is 2.40. The zero-order valence-electron chi connectivity index (χ0n) is 34.1. The van der Waals surface area contributed by atoms with E-state index < -0.39 is 103 Å². The maximum Gasteiger partial charge on any atom is 0.326 e. The Morgan fingerprint density at radius 3 is 1.88 bits per heavy atom. The van der Waals surface area contributed by atoms with E-state index in [0.29, 0.717) is 38.6 Å². The largest absolute Gasteiger partial charge is 0.480 e. The van der Waals surface area contributed by atoms with Crippen LogP contribution in [0.5, 0.6) is 0 Å². The molecular formula is C36H66N12O10. The van der Waals surface area contributed by atoms with Gasteiger partial charge in [-0.2, -0.15) is 0 Å². The number of likely N-dealkylation sites (tertiary alicyclic amines) is 1. The maximum atomic E-state index is 13.9. The Morgan fingerprint density at radius 2 is 1.34 bits per heavy atom. The second-order valence-corrected chi connectivity index (χ2v) is 14.5. The Bertz CT molecular complexity index is 1430. The van der Waals surface area contributed by atoms with Crippen molar-refractivity contribution in [3.8, 4) is 0 Å². The Kier molecular flexibility index (Phi) is 23.5. The summed E-state index contributed by atoms with van der Waals surface area (Å²) in [6.45, 7) is 5.93. The number of aliphatic hydroxyl groups excluding tert-OH is 1. The van der Waals surface area contributed by atoms with Crippen molar-refractivity contribution < 1.29 is 48.6 Å². The Balaban J connectivity index is 2.98. The molecule has 0 bridgehead atoms. The van der Waals surface area contributed by atoms with Crippen molar-refractivity contribution in [1.29, 1.82) is 0 Å². The summed E-state index contributed by atoms with van der Waals surface area (Å²) in [5, 5.41) is 33.7. The van der Waals surface area contributed by atoms with E-state index in [-0.39, 0.29) is 56.6 Å². The minimum atomic E-state index is -1.53. The van der Waals surface area contributed by atoms with Crippen LogP contribution >= 0.6 is 0 Å². The quantitative estimate of drug-likeness (QED) is 0.0213. The van der Waals surface area contributed by atoms with Crippen molar-refractivity contribution in [2.45, 2.75) is 122 Å². The highest BCUT2D eigenvalue weighted by Crippen LogP contribution is 2.22. The Labute approximate surface area is 339 Å². The number of aliphatic hydroxyl groups is 1. The molecule has 8 atom stereocenters. The van der Waals surface area contributed by atoms with Crippen LogP contribution in [-0.2, 0) is 38.4 Å². The highest BCUT2D eigenvalue weighted by atomic mass is 16.4. The maximum absolute atomic E-state index is 13.9. The summed E-state index contributed by atoms with van der Waals surface area (Å²) in [5.74, 6) is -6.86. The molecule has 1 fully saturated rings. The van der Waals surface area contributed by atoms with E-state index in [1.807, 2.05) is 27.7 Å². The van der Waals surface area contributed by atoms with Crippen LogP contribution in [0.15, 0.2) is 4.99 Å². The SMILES string of the molecule is CCC(C)C(N)C(=O)NC(C(=O)N1CCCC1C(=O)NC(CCCN=C(N)N)C(=O)NCC(=O)NC(CO)C(=O)NCC(=O)NC(CCCCN)C(=O)O)C(C)CC. The first-order valence-electron chi connectivity index (χ1n) is 19.8. The third-order valence-electron chi connectivity index (χ3n) is 10.0. The summed E-state index contributed by atoms with van der Waals surface area (Å²) in [7, 11) is 0. The van der Waals surface area contributed by atoms with Gasteiger partial charge in [0.25, 0.3) is 0 Å². The number of carboxylic acid groups (broad SMARTS) is 1. The van der Waals surface area contributed by atoms with E-state index in [4.69, 9.17) is 22.9 Å². The molecule has 8 unspecified atom stereocenters. The smallest absolute Gasteiger partial charge is 0.326 e. The van der Waals surface area contributed by atoms with Crippen LogP contribution in [-0.4, -0.2) is 144 Å². The summed E-state index contributed by atoms with van der Waals surface area (Å²) in [6.07, 6.45) is 3.38. The summed E-state index contributed by atoms with van der Waals surface area (Å²) in [6, 6.07) is -6.69. The number of carboxylic acids is 1. The number of nitrogens with one attached hydrogen (secondary N) is 6. The molecule has 58 heavy (non-hydrogen) atoms. The highest BCUT2D eigenvalue weighted by molar-refractivity contribution is 5.96. The average molecular weight is 827 g/mol. The van der Waals surface area contributed by atoms with Crippen molar-refractivity contribution in [1.82, 2.24) is 36.8 Å². The molecule has 0 radical (unpaired) electrons. The predicted molar refractivity (Wildman–Crippen MR) is 213 cm³/mol. The molecule has 7 amide bonds.